The van der Waals surface area contributed by atoms with Crippen LogP contribution in [0, 0.1) is 5.82 Å². The molecule has 0 aromatic heterocycles. The molecule has 0 amide bonds. The lowest BCUT2D eigenvalue weighted by atomic mass is 10.2. The number of thiocarbonyl (C=S) groups is 1. The van der Waals surface area contributed by atoms with Gasteiger partial charge in [-0.05, 0) is 12.1 Å². The highest BCUT2D eigenvalue weighted by Crippen LogP contribution is 2.25. The predicted molar refractivity (Wildman–Crippen MR) is 73.1 cm³/mol. The van der Waals surface area contributed by atoms with E-state index in [9.17, 15) is 23.0 Å². The Kier molecular flexibility index (Phi) is 4.07. The first-order chi connectivity index (χ1) is 9.25. The topological polar surface area (TPSA) is 104 Å². The van der Waals surface area contributed by atoms with Gasteiger partial charge in [-0.1, -0.05) is 18.3 Å². The van der Waals surface area contributed by atoms with Crippen LogP contribution in [0.25, 0.3) is 0 Å². The number of rotatable bonds is 3. The third kappa shape index (κ3) is 2.54. The van der Waals surface area contributed by atoms with Gasteiger partial charge in [0.2, 0.25) is 10.0 Å². The molecule has 1 aromatic rings. The molecule has 2 rings (SSSR count). The van der Waals surface area contributed by atoms with Crippen molar-refractivity contribution in [2.75, 3.05) is 13.1 Å². The quantitative estimate of drug-likeness (QED) is 0.629. The fraction of sp³-hybridized carbons (Fsp3) is 0.364. The van der Waals surface area contributed by atoms with E-state index in [4.69, 9.17) is 5.73 Å². The van der Waals surface area contributed by atoms with Gasteiger partial charge in [0.15, 0.2) is 0 Å². The van der Waals surface area contributed by atoms with Gasteiger partial charge in [-0.3, -0.25) is 0 Å². The van der Waals surface area contributed by atoms with E-state index >= 15 is 0 Å². The molecule has 1 aliphatic heterocycles. The number of nitrogens with two attached hydrogens (primary N) is 1. The summed E-state index contributed by atoms with van der Waals surface area (Å²) in [6.07, 6.45) is -2.35. The highest BCUT2D eigenvalue weighted by atomic mass is 32.2. The van der Waals surface area contributed by atoms with E-state index in [2.05, 4.69) is 12.2 Å². The van der Waals surface area contributed by atoms with Crippen LogP contribution < -0.4 is 5.73 Å². The summed E-state index contributed by atoms with van der Waals surface area (Å²) in [5.74, 6) is -0.834. The van der Waals surface area contributed by atoms with Crippen molar-refractivity contribution in [1.29, 1.82) is 0 Å². The molecule has 20 heavy (non-hydrogen) atoms. The van der Waals surface area contributed by atoms with E-state index in [0.717, 1.165) is 10.4 Å². The Morgan fingerprint density at radius 3 is 2.40 bits per heavy atom. The molecule has 1 aromatic carbocycles. The minimum Gasteiger partial charge on any atom is -0.389 e. The van der Waals surface area contributed by atoms with E-state index in [1.807, 2.05) is 0 Å². The molecule has 0 bridgehead atoms. The van der Waals surface area contributed by atoms with E-state index in [1.165, 1.54) is 12.1 Å². The van der Waals surface area contributed by atoms with Crippen molar-refractivity contribution in [2.45, 2.75) is 17.1 Å². The Balaban J connectivity index is 2.51. The summed E-state index contributed by atoms with van der Waals surface area (Å²) in [7, 11) is -4.10. The molecule has 4 N–H and O–H groups in total. The minimum absolute atomic E-state index is 0.267. The number of sulfonamides is 1. The van der Waals surface area contributed by atoms with Gasteiger partial charge < -0.3 is 15.9 Å². The van der Waals surface area contributed by atoms with Crippen LogP contribution in [-0.2, 0) is 10.0 Å². The molecule has 0 spiro atoms. The highest BCUT2D eigenvalue weighted by molar-refractivity contribution is 7.89. The molecule has 110 valence electrons. The van der Waals surface area contributed by atoms with Crippen molar-refractivity contribution in [3.63, 3.8) is 0 Å². The molecule has 2 unspecified atom stereocenters. The van der Waals surface area contributed by atoms with Crippen molar-refractivity contribution < 1.29 is 23.0 Å². The highest BCUT2D eigenvalue weighted by Gasteiger charge is 2.39. The van der Waals surface area contributed by atoms with Gasteiger partial charge in [-0.15, -0.1) is 0 Å². The number of nitrogens with zero attached hydrogens (tertiary/aromatic N) is 1. The molecule has 0 saturated carbocycles. The third-order valence-electron chi connectivity index (χ3n) is 3.07. The number of aliphatic hydroxyl groups is 2. The fourth-order valence-electron chi connectivity index (χ4n) is 2.03. The zero-order valence-electron chi connectivity index (χ0n) is 10.2. The number of benzene rings is 1. The Bertz CT molecular complexity index is 640. The molecule has 1 aliphatic rings. The lowest BCUT2D eigenvalue weighted by Crippen LogP contribution is -2.32. The molecule has 9 heteroatoms. The summed E-state index contributed by atoms with van der Waals surface area (Å²) in [5.41, 5.74) is 5.01. The Morgan fingerprint density at radius 2 is 1.90 bits per heavy atom. The zero-order valence-corrected chi connectivity index (χ0v) is 11.9. The lowest BCUT2D eigenvalue weighted by molar-refractivity contribution is 0.0572. The van der Waals surface area contributed by atoms with Gasteiger partial charge in [-0.2, -0.15) is 4.31 Å². The Morgan fingerprint density at radius 1 is 1.35 bits per heavy atom. The first-order valence-corrected chi connectivity index (χ1v) is 7.54. The van der Waals surface area contributed by atoms with Crippen molar-refractivity contribution in [3.8, 4) is 0 Å². The Labute approximate surface area is 120 Å². The zero-order chi connectivity index (χ0) is 15.1. The average molecular weight is 320 g/mol. The van der Waals surface area contributed by atoms with Crippen LogP contribution in [0.4, 0.5) is 4.39 Å². The van der Waals surface area contributed by atoms with E-state index < -0.39 is 28.0 Å². The smallest absolute Gasteiger partial charge is 0.244 e. The van der Waals surface area contributed by atoms with Crippen molar-refractivity contribution in [3.05, 3.63) is 29.6 Å². The van der Waals surface area contributed by atoms with Crippen LogP contribution >= 0.6 is 12.2 Å². The number of aliphatic hydroxyl groups excluding tert-OH is 2. The molecule has 1 heterocycles. The second-order valence-electron chi connectivity index (χ2n) is 4.43. The van der Waals surface area contributed by atoms with E-state index in [0.29, 0.717) is 0 Å². The first-order valence-electron chi connectivity index (χ1n) is 5.69. The van der Waals surface area contributed by atoms with Gasteiger partial charge >= 0.3 is 0 Å². The molecule has 0 aliphatic carbocycles. The van der Waals surface area contributed by atoms with E-state index in [1.54, 1.807) is 0 Å². The van der Waals surface area contributed by atoms with Crippen LogP contribution in [0.1, 0.15) is 5.56 Å². The van der Waals surface area contributed by atoms with Gasteiger partial charge in [-0.25, -0.2) is 12.8 Å². The van der Waals surface area contributed by atoms with Gasteiger partial charge in [0.25, 0.3) is 0 Å². The lowest BCUT2D eigenvalue weighted by Gasteiger charge is -2.18. The van der Waals surface area contributed by atoms with Gasteiger partial charge in [0.1, 0.15) is 10.8 Å². The number of β-amino-alcohol motifs (C(OH)–C–C–N with tert-alkyl or cyclic N) is 2. The number of halogens is 1. The van der Waals surface area contributed by atoms with Crippen LogP contribution in [-0.4, -0.2) is 53.2 Å². The average Bonchev–Trinajstić information content (AvgIpc) is 2.69. The monoisotopic (exact) mass is 320 g/mol. The molecule has 0 radical (unpaired) electrons. The van der Waals surface area contributed by atoms with Gasteiger partial charge in [0.05, 0.1) is 22.7 Å². The predicted octanol–water partition coefficient (Wildman–Crippen LogP) is -0.814. The van der Waals surface area contributed by atoms with Crippen molar-refractivity contribution >= 4 is 27.2 Å². The minimum atomic E-state index is -4.10. The normalized spacial score (nSPS) is 23.9. The molecule has 6 nitrogen and oxygen atoms in total. The van der Waals surface area contributed by atoms with Crippen LogP contribution in [0.5, 0.6) is 0 Å². The molecule has 1 fully saturated rings. The summed E-state index contributed by atoms with van der Waals surface area (Å²) in [5, 5.41) is 18.9. The summed E-state index contributed by atoms with van der Waals surface area (Å²) < 4.78 is 39.4. The van der Waals surface area contributed by atoms with Crippen LogP contribution in [0.15, 0.2) is 23.1 Å². The van der Waals surface area contributed by atoms with Crippen molar-refractivity contribution in [1.82, 2.24) is 4.31 Å². The fourth-order valence-corrected chi connectivity index (χ4v) is 3.99. The van der Waals surface area contributed by atoms with E-state index in [-0.39, 0.29) is 28.5 Å². The second kappa shape index (κ2) is 5.34. The largest absolute Gasteiger partial charge is 0.389 e. The molecule has 1 saturated heterocycles. The maximum Gasteiger partial charge on any atom is 0.244 e. The summed E-state index contributed by atoms with van der Waals surface area (Å²) in [6, 6.07) is 3.47. The molecular formula is C11H13FN2O4S2. The van der Waals surface area contributed by atoms with Gasteiger partial charge in [0, 0.05) is 13.1 Å². The number of hydrogen-bond donors (Lipinski definition) is 3. The maximum atomic E-state index is 13.7. The first kappa shape index (κ1) is 15.3. The number of hydrogen-bond acceptors (Lipinski definition) is 5. The maximum absolute atomic E-state index is 13.7. The molecular weight excluding hydrogens is 307 g/mol. The standard InChI is InChI=1S/C11H13FN2O4S2/c12-6-2-1-3-9(10(6)11(13)19)20(17,18)14-4-7(15)8(16)5-14/h1-3,7-8,15-16H,4-5H2,(H2,13,19). The SMILES string of the molecule is NC(=S)c1c(F)cccc1S(=O)(=O)N1CC(O)C(O)C1. The summed E-state index contributed by atoms with van der Waals surface area (Å²) in [4.78, 5) is -0.742. The van der Waals surface area contributed by atoms with Crippen molar-refractivity contribution in [2.24, 2.45) is 5.73 Å². The summed E-state index contributed by atoms with van der Waals surface area (Å²) >= 11 is 4.68. The van der Waals surface area contributed by atoms with Crippen LogP contribution in [0.2, 0.25) is 0 Å². The second-order valence-corrected chi connectivity index (χ2v) is 6.78. The third-order valence-corrected chi connectivity index (χ3v) is 5.14. The summed E-state index contributed by atoms with van der Waals surface area (Å²) in [6.45, 7) is -0.534. The Hall–Kier alpha value is -1.13. The molecule has 2 atom stereocenters. The van der Waals surface area contributed by atoms with Crippen LogP contribution in [0.3, 0.4) is 0 Å².